The van der Waals surface area contributed by atoms with Gasteiger partial charge in [0.05, 0.1) is 24.4 Å². The van der Waals surface area contributed by atoms with Gasteiger partial charge in [-0.25, -0.2) is 4.68 Å². The van der Waals surface area contributed by atoms with Gasteiger partial charge in [-0.15, -0.1) is 0 Å². The van der Waals surface area contributed by atoms with Crippen molar-refractivity contribution in [2.45, 2.75) is 19.3 Å². The van der Waals surface area contributed by atoms with E-state index in [2.05, 4.69) is 5.10 Å². The van der Waals surface area contributed by atoms with E-state index in [1.165, 1.54) is 7.11 Å². The minimum absolute atomic E-state index is 0.0223. The van der Waals surface area contributed by atoms with Gasteiger partial charge in [0.2, 0.25) is 0 Å². The number of aromatic nitrogens is 2. The molecular weight excluding hydrogens is 240 g/mol. The zero-order valence-electron chi connectivity index (χ0n) is 10.9. The Balaban J connectivity index is 1.87. The van der Waals surface area contributed by atoms with Crippen LogP contribution in [0.5, 0.6) is 0 Å². The number of benzene rings is 1. The van der Waals surface area contributed by atoms with Gasteiger partial charge >= 0.3 is 5.97 Å². The predicted molar refractivity (Wildman–Crippen MR) is 71.1 cm³/mol. The van der Waals surface area contributed by atoms with Crippen molar-refractivity contribution in [1.82, 2.24) is 9.78 Å². The molecule has 1 aliphatic rings. The summed E-state index contributed by atoms with van der Waals surface area (Å²) in [4.78, 5) is 11.6. The average Bonchev–Trinajstić information content (AvgIpc) is 2.90. The molecule has 2 aromatic rings. The smallest absolute Gasteiger partial charge is 0.309 e. The Kier molecular flexibility index (Phi) is 3.07. The van der Waals surface area contributed by atoms with Crippen molar-refractivity contribution in [3.63, 3.8) is 0 Å². The molecule has 98 valence electrons. The first-order valence-electron chi connectivity index (χ1n) is 6.48. The van der Waals surface area contributed by atoms with Gasteiger partial charge in [-0.2, -0.15) is 5.10 Å². The fraction of sp³-hybridized carbons (Fsp3) is 0.333. The highest BCUT2D eigenvalue weighted by Gasteiger charge is 2.27. The third-order valence-corrected chi connectivity index (χ3v) is 3.63. The maximum Gasteiger partial charge on any atom is 0.309 e. The lowest BCUT2D eigenvalue weighted by Crippen LogP contribution is -2.23. The van der Waals surface area contributed by atoms with Crippen LogP contribution >= 0.6 is 0 Å². The first-order valence-corrected chi connectivity index (χ1v) is 6.48. The van der Waals surface area contributed by atoms with E-state index in [1.54, 1.807) is 0 Å². The van der Waals surface area contributed by atoms with Crippen LogP contribution in [0.15, 0.2) is 36.5 Å². The molecule has 4 heteroatoms. The van der Waals surface area contributed by atoms with Gasteiger partial charge in [-0.05, 0) is 37.0 Å². The SMILES string of the molecule is COC(=O)[C@H]1CCc2nn(-c3ccccc3)cc2C1. The van der Waals surface area contributed by atoms with Crippen LogP contribution in [0.1, 0.15) is 17.7 Å². The van der Waals surface area contributed by atoms with Crippen molar-refractivity contribution in [1.29, 1.82) is 0 Å². The fourth-order valence-corrected chi connectivity index (χ4v) is 2.59. The lowest BCUT2D eigenvalue weighted by atomic mass is 9.88. The average molecular weight is 256 g/mol. The van der Waals surface area contributed by atoms with E-state index < -0.39 is 0 Å². The number of aryl methyl sites for hydroxylation is 1. The van der Waals surface area contributed by atoms with E-state index in [4.69, 9.17) is 4.74 Å². The van der Waals surface area contributed by atoms with Gasteiger partial charge in [0.15, 0.2) is 0 Å². The Hall–Kier alpha value is -2.10. The van der Waals surface area contributed by atoms with E-state index in [-0.39, 0.29) is 11.9 Å². The third-order valence-electron chi connectivity index (χ3n) is 3.63. The van der Waals surface area contributed by atoms with Gasteiger partial charge in [0, 0.05) is 6.20 Å². The molecule has 0 saturated heterocycles. The number of esters is 1. The molecule has 3 rings (SSSR count). The van der Waals surface area contributed by atoms with E-state index >= 15 is 0 Å². The quantitative estimate of drug-likeness (QED) is 0.773. The second-order valence-electron chi connectivity index (χ2n) is 4.84. The Bertz CT molecular complexity index is 589. The Morgan fingerprint density at radius 1 is 1.37 bits per heavy atom. The highest BCUT2D eigenvalue weighted by Crippen LogP contribution is 2.26. The summed E-state index contributed by atoms with van der Waals surface area (Å²) in [5, 5.41) is 4.61. The molecule has 0 bridgehead atoms. The number of hydrogen-bond acceptors (Lipinski definition) is 3. The van der Waals surface area contributed by atoms with Crippen LogP contribution in [0, 0.1) is 5.92 Å². The minimum Gasteiger partial charge on any atom is -0.469 e. The summed E-state index contributed by atoms with van der Waals surface area (Å²) in [6, 6.07) is 10.0. The molecule has 0 N–H and O–H groups in total. The number of methoxy groups -OCH3 is 1. The van der Waals surface area contributed by atoms with Crippen molar-refractivity contribution < 1.29 is 9.53 Å². The Morgan fingerprint density at radius 3 is 2.89 bits per heavy atom. The predicted octanol–water partition coefficient (Wildman–Crippen LogP) is 2.15. The van der Waals surface area contributed by atoms with Crippen molar-refractivity contribution in [3.8, 4) is 5.69 Å². The number of ether oxygens (including phenoxy) is 1. The summed E-state index contributed by atoms with van der Waals surface area (Å²) >= 11 is 0. The summed E-state index contributed by atoms with van der Waals surface area (Å²) in [5.41, 5.74) is 3.31. The van der Waals surface area contributed by atoms with Crippen LogP contribution in [0.25, 0.3) is 5.69 Å². The molecule has 1 aromatic heterocycles. The highest BCUT2D eigenvalue weighted by molar-refractivity contribution is 5.73. The van der Waals surface area contributed by atoms with Crippen LogP contribution in [-0.2, 0) is 22.4 Å². The first-order chi connectivity index (χ1) is 9.28. The van der Waals surface area contributed by atoms with E-state index in [0.29, 0.717) is 0 Å². The molecule has 0 saturated carbocycles. The van der Waals surface area contributed by atoms with Crippen LogP contribution in [-0.4, -0.2) is 22.9 Å². The summed E-state index contributed by atoms with van der Waals surface area (Å²) in [5.74, 6) is -0.135. The molecule has 0 fully saturated rings. The molecule has 1 aliphatic carbocycles. The molecule has 0 amide bonds. The van der Waals surface area contributed by atoms with E-state index in [1.807, 2.05) is 41.2 Å². The third kappa shape index (κ3) is 2.26. The molecular formula is C15H16N2O2. The van der Waals surface area contributed by atoms with E-state index in [0.717, 1.165) is 36.2 Å². The number of carbonyl (C=O) groups excluding carboxylic acids is 1. The highest BCUT2D eigenvalue weighted by atomic mass is 16.5. The van der Waals surface area contributed by atoms with Crippen LogP contribution in [0.4, 0.5) is 0 Å². The summed E-state index contributed by atoms with van der Waals surface area (Å²) in [6.45, 7) is 0. The van der Waals surface area contributed by atoms with Gasteiger partial charge < -0.3 is 4.74 Å². The number of hydrogen-bond donors (Lipinski definition) is 0. The van der Waals surface area contributed by atoms with Crippen LogP contribution in [0.3, 0.4) is 0 Å². The molecule has 0 radical (unpaired) electrons. The molecule has 1 aromatic carbocycles. The minimum atomic E-state index is -0.113. The molecule has 0 spiro atoms. The Labute approximate surface area is 112 Å². The van der Waals surface area contributed by atoms with Crippen molar-refractivity contribution in [3.05, 3.63) is 47.8 Å². The van der Waals surface area contributed by atoms with Gasteiger partial charge in [0.25, 0.3) is 0 Å². The normalized spacial score (nSPS) is 17.8. The number of fused-ring (bicyclic) bond motifs is 1. The number of rotatable bonds is 2. The lowest BCUT2D eigenvalue weighted by molar-refractivity contribution is -0.145. The molecule has 1 heterocycles. The van der Waals surface area contributed by atoms with Crippen LogP contribution < -0.4 is 0 Å². The standard InChI is InChI=1S/C15H16N2O2/c1-19-15(18)11-7-8-14-12(9-11)10-17(16-14)13-5-3-2-4-6-13/h2-6,10-11H,7-9H2,1H3/t11-/m0/s1. The molecule has 0 unspecified atom stereocenters. The summed E-state index contributed by atoms with van der Waals surface area (Å²) in [6.07, 6.45) is 4.43. The van der Waals surface area contributed by atoms with Gasteiger partial charge in [-0.3, -0.25) is 4.79 Å². The maximum absolute atomic E-state index is 11.6. The monoisotopic (exact) mass is 256 g/mol. The number of nitrogens with zero attached hydrogens (tertiary/aromatic N) is 2. The van der Waals surface area contributed by atoms with Crippen molar-refractivity contribution in [2.24, 2.45) is 5.92 Å². The fourth-order valence-electron chi connectivity index (χ4n) is 2.59. The van der Waals surface area contributed by atoms with Crippen molar-refractivity contribution >= 4 is 5.97 Å². The molecule has 0 aliphatic heterocycles. The molecule has 4 nitrogen and oxygen atoms in total. The number of para-hydroxylation sites is 1. The first kappa shape index (κ1) is 12.0. The second-order valence-corrected chi connectivity index (χ2v) is 4.84. The van der Waals surface area contributed by atoms with Crippen LogP contribution in [0.2, 0.25) is 0 Å². The molecule has 19 heavy (non-hydrogen) atoms. The van der Waals surface area contributed by atoms with Gasteiger partial charge in [-0.1, -0.05) is 18.2 Å². The maximum atomic E-state index is 11.6. The van der Waals surface area contributed by atoms with Crippen molar-refractivity contribution in [2.75, 3.05) is 7.11 Å². The summed E-state index contributed by atoms with van der Waals surface area (Å²) < 4.78 is 6.72. The second kappa shape index (κ2) is 4.88. The number of carbonyl (C=O) groups is 1. The van der Waals surface area contributed by atoms with E-state index in [9.17, 15) is 4.79 Å². The Morgan fingerprint density at radius 2 is 2.16 bits per heavy atom. The largest absolute Gasteiger partial charge is 0.469 e. The van der Waals surface area contributed by atoms with Gasteiger partial charge in [0.1, 0.15) is 0 Å². The molecule has 1 atom stereocenters. The zero-order valence-corrected chi connectivity index (χ0v) is 10.9. The lowest BCUT2D eigenvalue weighted by Gasteiger charge is -2.18. The summed E-state index contributed by atoms with van der Waals surface area (Å²) in [7, 11) is 1.45. The zero-order chi connectivity index (χ0) is 13.2. The topological polar surface area (TPSA) is 44.1 Å².